The monoisotopic (exact) mass is 223 g/mol. The van der Waals surface area contributed by atoms with E-state index >= 15 is 0 Å². The highest BCUT2D eigenvalue weighted by Crippen LogP contribution is 2.12. The zero-order chi connectivity index (χ0) is 12.0. The lowest BCUT2D eigenvalue weighted by Crippen LogP contribution is -2.30. The molecular weight excluding hydrogens is 210 g/mol. The van der Waals surface area contributed by atoms with Crippen molar-refractivity contribution in [3.05, 3.63) is 29.8 Å². The lowest BCUT2D eigenvalue weighted by atomic mass is 10.2. The van der Waals surface area contributed by atoms with Gasteiger partial charge in [-0.2, -0.15) is 0 Å². The lowest BCUT2D eigenvalue weighted by Gasteiger charge is -2.05. The van der Waals surface area contributed by atoms with E-state index in [-0.39, 0.29) is 6.61 Å². The molecule has 0 saturated carbocycles. The van der Waals surface area contributed by atoms with Crippen LogP contribution >= 0.6 is 0 Å². The standard InChI is InChI=1S/C11H13NO4/c1-3-16-11(14)12-10(13)8-5-4-6-9(7-8)15-2/h4-7H,3H2,1-2H3,(H,12,13,14). The van der Waals surface area contributed by atoms with Crippen LogP contribution in [0.1, 0.15) is 17.3 Å². The summed E-state index contributed by atoms with van der Waals surface area (Å²) < 4.78 is 9.55. The Morgan fingerprint density at radius 1 is 1.38 bits per heavy atom. The van der Waals surface area contributed by atoms with Gasteiger partial charge in [-0.15, -0.1) is 0 Å². The smallest absolute Gasteiger partial charge is 0.414 e. The maximum atomic E-state index is 11.5. The van der Waals surface area contributed by atoms with Crippen molar-refractivity contribution in [2.75, 3.05) is 13.7 Å². The van der Waals surface area contributed by atoms with Crippen LogP contribution in [0.25, 0.3) is 0 Å². The fraction of sp³-hybridized carbons (Fsp3) is 0.273. The van der Waals surface area contributed by atoms with Gasteiger partial charge in [-0.25, -0.2) is 4.79 Å². The fourth-order valence-electron chi connectivity index (χ4n) is 1.10. The molecule has 0 aromatic heterocycles. The second-order valence-corrected chi connectivity index (χ2v) is 2.91. The molecule has 0 radical (unpaired) electrons. The van der Waals surface area contributed by atoms with E-state index in [4.69, 9.17) is 4.74 Å². The number of ether oxygens (including phenoxy) is 2. The zero-order valence-electron chi connectivity index (χ0n) is 9.15. The number of hydrogen-bond acceptors (Lipinski definition) is 4. The largest absolute Gasteiger partial charge is 0.497 e. The van der Waals surface area contributed by atoms with Gasteiger partial charge < -0.3 is 9.47 Å². The van der Waals surface area contributed by atoms with Crippen molar-refractivity contribution in [2.24, 2.45) is 0 Å². The highest BCUT2D eigenvalue weighted by Gasteiger charge is 2.10. The van der Waals surface area contributed by atoms with Crippen LogP contribution < -0.4 is 10.1 Å². The molecule has 0 bridgehead atoms. The van der Waals surface area contributed by atoms with Gasteiger partial charge in [0.15, 0.2) is 0 Å². The first kappa shape index (κ1) is 12.0. The Morgan fingerprint density at radius 3 is 2.75 bits per heavy atom. The maximum absolute atomic E-state index is 11.5. The van der Waals surface area contributed by atoms with Crippen molar-refractivity contribution >= 4 is 12.0 Å². The van der Waals surface area contributed by atoms with E-state index in [0.717, 1.165) is 0 Å². The van der Waals surface area contributed by atoms with Crippen LogP contribution in [0.5, 0.6) is 5.75 Å². The van der Waals surface area contributed by atoms with Crippen LogP contribution in [0.15, 0.2) is 24.3 Å². The summed E-state index contributed by atoms with van der Waals surface area (Å²) in [6, 6.07) is 6.49. The minimum absolute atomic E-state index is 0.219. The number of carbonyl (C=O) groups is 2. The van der Waals surface area contributed by atoms with E-state index in [2.05, 4.69) is 10.1 Å². The molecule has 5 nitrogen and oxygen atoms in total. The molecule has 2 amide bonds. The SMILES string of the molecule is CCOC(=O)NC(=O)c1cccc(OC)c1. The molecule has 1 rings (SSSR count). The molecule has 1 aromatic carbocycles. The molecule has 1 N–H and O–H groups in total. The summed E-state index contributed by atoms with van der Waals surface area (Å²) in [5.41, 5.74) is 0.340. The van der Waals surface area contributed by atoms with E-state index in [9.17, 15) is 9.59 Å². The summed E-state index contributed by atoms with van der Waals surface area (Å²) in [5, 5.41) is 2.09. The summed E-state index contributed by atoms with van der Waals surface area (Å²) in [4.78, 5) is 22.5. The van der Waals surface area contributed by atoms with E-state index in [0.29, 0.717) is 11.3 Å². The summed E-state index contributed by atoms with van der Waals surface area (Å²) in [5.74, 6) is 0.0360. The van der Waals surface area contributed by atoms with Crippen LogP contribution in [0.4, 0.5) is 4.79 Å². The number of imide groups is 1. The van der Waals surface area contributed by atoms with E-state index < -0.39 is 12.0 Å². The van der Waals surface area contributed by atoms with Gasteiger partial charge in [-0.3, -0.25) is 10.1 Å². The van der Waals surface area contributed by atoms with Gasteiger partial charge in [0.2, 0.25) is 0 Å². The Bertz CT molecular complexity index is 389. The first-order valence-electron chi connectivity index (χ1n) is 4.79. The van der Waals surface area contributed by atoms with Crippen LogP contribution in [-0.4, -0.2) is 25.7 Å². The molecule has 0 aliphatic rings. The Balaban J connectivity index is 2.69. The molecule has 16 heavy (non-hydrogen) atoms. The molecule has 0 spiro atoms. The molecule has 0 heterocycles. The zero-order valence-corrected chi connectivity index (χ0v) is 9.15. The average Bonchev–Trinajstić information content (AvgIpc) is 2.29. The number of methoxy groups -OCH3 is 1. The number of alkyl carbamates (subject to hydrolysis) is 1. The molecule has 1 aromatic rings. The Morgan fingerprint density at radius 2 is 2.12 bits per heavy atom. The topological polar surface area (TPSA) is 64.6 Å². The van der Waals surface area contributed by atoms with Crippen LogP contribution in [0, 0.1) is 0 Å². The van der Waals surface area contributed by atoms with Crippen molar-refractivity contribution in [1.29, 1.82) is 0 Å². The van der Waals surface area contributed by atoms with E-state index in [1.165, 1.54) is 13.2 Å². The normalized spacial score (nSPS) is 9.38. The van der Waals surface area contributed by atoms with Crippen molar-refractivity contribution in [2.45, 2.75) is 6.92 Å². The van der Waals surface area contributed by atoms with Gasteiger partial charge in [-0.05, 0) is 25.1 Å². The summed E-state index contributed by atoms with van der Waals surface area (Å²) in [6.45, 7) is 1.88. The second kappa shape index (κ2) is 5.75. The average molecular weight is 223 g/mol. The van der Waals surface area contributed by atoms with Gasteiger partial charge in [0, 0.05) is 5.56 Å². The molecule has 0 unspecified atom stereocenters. The minimum Gasteiger partial charge on any atom is -0.497 e. The number of hydrogen-bond donors (Lipinski definition) is 1. The van der Waals surface area contributed by atoms with Gasteiger partial charge >= 0.3 is 6.09 Å². The number of amides is 2. The minimum atomic E-state index is -0.754. The third-order valence-electron chi connectivity index (χ3n) is 1.82. The summed E-state index contributed by atoms with van der Waals surface area (Å²) in [7, 11) is 1.50. The Kier molecular flexibility index (Phi) is 4.32. The molecule has 0 fully saturated rings. The molecular formula is C11H13NO4. The Labute approximate surface area is 93.4 Å². The predicted molar refractivity (Wildman–Crippen MR) is 57.5 cm³/mol. The number of nitrogens with one attached hydrogen (secondary N) is 1. The van der Waals surface area contributed by atoms with E-state index in [1.54, 1.807) is 25.1 Å². The molecule has 0 atom stereocenters. The first-order valence-corrected chi connectivity index (χ1v) is 4.79. The van der Waals surface area contributed by atoms with Crippen molar-refractivity contribution in [1.82, 2.24) is 5.32 Å². The number of benzene rings is 1. The third-order valence-corrected chi connectivity index (χ3v) is 1.82. The molecule has 0 saturated heterocycles. The van der Waals surface area contributed by atoms with Gasteiger partial charge in [0.1, 0.15) is 5.75 Å². The quantitative estimate of drug-likeness (QED) is 0.844. The molecule has 86 valence electrons. The Hall–Kier alpha value is -2.04. The van der Waals surface area contributed by atoms with Gasteiger partial charge in [0.25, 0.3) is 5.91 Å². The second-order valence-electron chi connectivity index (χ2n) is 2.91. The third kappa shape index (κ3) is 3.27. The van der Waals surface area contributed by atoms with Crippen molar-refractivity contribution in [3.63, 3.8) is 0 Å². The molecule has 0 aliphatic carbocycles. The van der Waals surface area contributed by atoms with Gasteiger partial charge in [0.05, 0.1) is 13.7 Å². The van der Waals surface area contributed by atoms with Crippen LogP contribution in [0.2, 0.25) is 0 Å². The van der Waals surface area contributed by atoms with Crippen molar-refractivity contribution < 1.29 is 19.1 Å². The molecule has 5 heteroatoms. The van der Waals surface area contributed by atoms with E-state index in [1.807, 2.05) is 0 Å². The summed E-state index contributed by atoms with van der Waals surface area (Å²) >= 11 is 0. The maximum Gasteiger partial charge on any atom is 0.414 e. The molecule has 0 aliphatic heterocycles. The van der Waals surface area contributed by atoms with Crippen LogP contribution in [-0.2, 0) is 4.74 Å². The van der Waals surface area contributed by atoms with Crippen molar-refractivity contribution in [3.8, 4) is 5.75 Å². The fourth-order valence-corrected chi connectivity index (χ4v) is 1.10. The van der Waals surface area contributed by atoms with Crippen LogP contribution in [0.3, 0.4) is 0 Å². The highest BCUT2D eigenvalue weighted by atomic mass is 16.5. The summed E-state index contributed by atoms with van der Waals surface area (Å²) in [6.07, 6.45) is -0.754. The highest BCUT2D eigenvalue weighted by molar-refractivity contribution is 6.03. The lowest BCUT2D eigenvalue weighted by molar-refractivity contribution is 0.0924. The first-order chi connectivity index (χ1) is 7.67. The predicted octanol–water partition coefficient (Wildman–Crippen LogP) is 1.58. The van der Waals surface area contributed by atoms with Gasteiger partial charge in [-0.1, -0.05) is 6.07 Å². The number of carbonyl (C=O) groups excluding carboxylic acids is 2. The number of rotatable bonds is 3.